The SMILES string of the molecule is CC1=CC(C)[C](/[Zr](=[SiH]/Cc2ccccc2)[C]2=C(C)C=C(C)C2C)=C1C. The summed E-state index contributed by atoms with van der Waals surface area (Å²) in [4.78, 5) is 0. The number of hydrogen-bond acceptors (Lipinski definition) is 0. The molecule has 1 aromatic carbocycles. The van der Waals surface area contributed by atoms with E-state index in [-0.39, 0.29) is 0 Å². The van der Waals surface area contributed by atoms with Gasteiger partial charge >= 0.3 is 163 Å². The van der Waals surface area contributed by atoms with Gasteiger partial charge in [0.2, 0.25) is 0 Å². The molecule has 0 radical (unpaired) electrons. The van der Waals surface area contributed by atoms with Crippen LogP contribution in [-0.2, 0) is 26.4 Å². The first-order valence-corrected chi connectivity index (χ1v) is 17.5. The molecule has 2 heteroatoms. The Morgan fingerprint density at radius 1 is 0.960 bits per heavy atom. The second-order valence-electron chi connectivity index (χ2n) is 7.69. The molecule has 0 aliphatic heterocycles. The first-order valence-electron chi connectivity index (χ1n) is 9.43. The Kier molecular flexibility index (Phi) is 6.01. The van der Waals surface area contributed by atoms with E-state index in [1.54, 1.807) is 16.7 Å². The zero-order chi connectivity index (χ0) is 18.1. The number of allylic oxidation sites excluding steroid dienone is 8. The van der Waals surface area contributed by atoms with Crippen LogP contribution < -0.4 is 0 Å². The minimum atomic E-state index is -1.80. The van der Waals surface area contributed by atoms with E-state index in [0.717, 1.165) is 0 Å². The van der Waals surface area contributed by atoms with Crippen molar-refractivity contribution in [2.75, 3.05) is 0 Å². The Labute approximate surface area is 162 Å². The fourth-order valence-corrected chi connectivity index (χ4v) is 24.2. The van der Waals surface area contributed by atoms with E-state index < -0.39 is 20.4 Å². The molecule has 25 heavy (non-hydrogen) atoms. The van der Waals surface area contributed by atoms with E-state index in [2.05, 4.69) is 84.0 Å². The van der Waals surface area contributed by atoms with Crippen molar-refractivity contribution in [3.05, 3.63) is 76.9 Å². The summed E-state index contributed by atoms with van der Waals surface area (Å²) < 4.78 is 3.80. The molecular weight excluding hydrogens is 396 g/mol. The third-order valence-corrected chi connectivity index (χ3v) is 22.1. The molecule has 0 heterocycles. The molecule has 0 amide bonds. The first kappa shape index (κ1) is 19.1. The van der Waals surface area contributed by atoms with Gasteiger partial charge in [0.1, 0.15) is 0 Å². The predicted molar refractivity (Wildman–Crippen MR) is 109 cm³/mol. The van der Waals surface area contributed by atoms with Crippen LogP contribution >= 0.6 is 0 Å². The molecule has 3 rings (SSSR count). The third kappa shape index (κ3) is 3.86. The molecule has 0 saturated carbocycles. The van der Waals surface area contributed by atoms with E-state index >= 15 is 0 Å². The molecule has 0 spiro atoms. The van der Waals surface area contributed by atoms with E-state index in [4.69, 9.17) is 0 Å². The second-order valence-corrected chi connectivity index (χ2v) is 19.6. The molecule has 2 unspecified atom stereocenters. The summed E-state index contributed by atoms with van der Waals surface area (Å²) in [6.07, 6.45) is 5.50. The van der Waals surface area contributed by atoms with E-state index in [9.17, 15) is 0 Å². The van der Waals surface area contributed by atoms with Crippen LogP contribution in [0.15, 0.2) is 71.3 Å². The average molecular weight is 426 g/mol. The summed E-state index contributed by atoms with van der Waals surface area (Å²) in [5.41, 5.74) is 7.90. The first-order chi connectivity index (χ1) is 11.9. The van der Waals surface area contributed by atoms with Crippen LogP contribution in [0.25, 0.3) is 0 Å². The molecule has 2 atom stereocenters. The van der Waals surface area contributed by atoms with E-state index in [1.165, 1.54) is 17.2 Å². The number of benzene rings is 1. The Bertz CT molecular complexity index is 834. The van der Waals surface area contributed by atoms with Crippen LogP contribution in [0.3, 0.4) is 0 Å². The summed E-state index contributed by atoms with van der Waals surface area (Å²) in [5, 5.41) is 0. The maximum absolute atomic E-state index is 2.52. The van der Waals surface area contributed by atoms with Gasteiger partial charge in [-0.25, -0.2) is 0 Å². The van der Waals surface area contributed by atoms with E-state index in [1.807, 2.05) is 6.56 Å². The van der Waals surface area contributed by atoms with Gasteiger partial charge in [0.05, 0.1) is 0 Å². The van der Waals surface area contributed by atoms with Crippen molar-refractivity contribution in [3.8, 4) is 0 Å². The van der Waals surface area contributed by atoms with Crippen molar-refractivity contribution in [3.63, 3.8) is 0 Å². The fraction of sp³-hybridized carbons (Fsp3) is 0.391. The van der Waals surface area contributed by atoms with Gasteiger partial charge in [-0.3, -0.25) is 0 Å². The molecule has 2 aliphatic carbocycles. The molecule has 0 saturated heterocycles. The fourth-order valence-electron chi connectivity index (χ4n) is 4.34. The van der Waals surface area contributed by atoms with Crippen LogP contribution in [0.1, 0.15) is 47.1 Å². The maximum atomic E-state index is 2.52. The van der Waals surface area contributed by atoms with Crippen molar-refractivity contribution >= 4 is 6.16 Å². The van der Waals surface area contributed by atoms with Gasteiger partial charge in [0.15, 0.2) is 0 Å². The quantitative estimate of drug-likeness (QED) is 0.527. The molecule has 0 bridgehead atoms. The van der Waals surface area contributed by atoms with Gasteiger partial charge in [0, 0.05) is 0 Å². The summed E-state index contributed by atoms with van der Waals surface area (Å²) in [7, 11) is 0. The van der Waals surface area contributed by atoms with Crippen LogP contribution in [0, 0.1) is 11.8 Å². The topological polar surface area (TPSA) is 0 Å². The number of hydrogen-bond donors (Lipinski definition) is 0. The van der Waals surface area contributed by atoms with E-state index in [0.29, 0.717) is 18.0 Å². The van der Waals surface area contributed by atoms with Crippen LogP contribution in [0.5, 0.6) is 0 Å². The van der Waals surface area contributed by atoms with Crippen molar-refractivity contribution in [2.24, 2.45) is 11.8 Å². The zero-order valence-corrected chi connectivity index (χ0v) is 20.1. The Hall–Kier alpha value is -0.720. The molecule has 0 aromatic heterocycles. The molecule has 1 aromatic rings. The van der Waals surface area contributed by atoms with Crippen LogP contribution in [0.4, 0.5) is 0 Å². The summed E-state index contributed by atoms with van der Waals surface area (Å²) in [5.74, 6) is 1.36. The van der Waals surface area contributed by atoms with Gasteiger partial charge in [-0.2, -0.15) is 0 Å². The van der Waals surface area contributed by atoms with Crippen LogP contribution in [-0.4, -0.2) is 6.16 Å². The Balaban J connectivity index is 2.06. The van der Waals surface area contributed by atoms with Gasteiger partial charge in [-0.05, 0) is 0 Å². The molecule has 0 fully saturated rings. The Morgan fingerprint density at radius 3 is 2.16 bits per heavy atom. The standard InChI is InChI=1S/2C8H11.C7H8Si.Zr/c2*1-6-4-7(2)8(3)5-6;8-6-7-4-2-1-3-5-7;/h4,8H,1-3H3;4,6H,1-3H3;1-5,8H,6H2;. The molecule has 130 valence electrons. The predicted octanol–water partition coefficient (Wildman–Crippen LogP) is 5.90. The Morgan fingerprint density at radius 2 is 1.64 bits per heavy atom. The monoisotopic (exact) mass is 424 g/mol. The molecule has 0 N–H and O–H groups in total. The van der Waals surface area contributed by atoms with Gasteiger partial charge in [-0.15, -0.1) is 0 Å². The minimum absolute atomic E-state index is 0.508. The number of rotatable bonds is 4. The van der Waals surface area contributed by atoms with Crippen LogP contribution in [0.2, 0.25) is 0 Å². The normalized spacial score (nSPS) is 24.2. The summed E-state index contributed by atoms with van der Waals surface area (Å²) in [6.45, 7) is 14.3. The second kappa shape index (κ2) is 7.89. The van der Waals surface area contributed by atoms with Gasteiger partial charge < -0.3 is 0 Å². The molecular formula is C23H30SiZr. The van der Waals surface area contributed by atoms with Gasteiger partial charge in [0.25, 0.3) is 0 Å². The molecule has 2 aliphatic rings. The van der Waals surface area contributed by atoms with Crippen molar-refractivity contribution in [1.82, 2.24) is 0 Å². The summed E-state index contributed by atoms with van der Waals surface area (Å²) in [6, 6.07) is 12.5. The summed E-state index contributed by atoms with van der Waals surface area (Å²) >= 11 is -1.80. The van der Waals surface area contributed by atoms with Crippen molar-refractivity contribution < 1.29 is 20.4 Å². The average Bonchev–Trinajstić information content (AvgIpc) is 2.98. The molecule has 0 nitrogen and oxygen atoms in total. The van der Waals surface area contributed by atoms with Gasteiger partial charge in [-0.1, -0.05) is 0 Å². The van der Waals surface area contributed by atoms with Crippen molar-refractivity contribution in [2.45, 2.75) is 47.6 Å². The third-order valence-electron chi connectivity index (χ3n) is 5.90. The van der Waals surface area contributed by atoms with Crippen molar-refractivity contribution in [1.29, 1.82) is 0 Å². The zero-order valence-electron chi connectivity index (χ0n) is 16.5.